The van der Waals surface area contributed by atoms with Gasteiger partial charge < -0.3 is 28.7 Å². The molecule has 0 saturated carbocycles. The minimum atomic E-state index is -0.471. The second kappa shape index (κ2) is 27.8. The molecule has 0 N–H and O–H groups in total. The number of carbonyl (C=O) groups is 2. The number of unbranched alkanes of at least 4 members (excludes halogenated alkanes) is 14. The van der Waals surface area contributed by atoms with Crippen molar-refractivity contribution in [3.8, 4) is 17.2 Å². The molecule has 46 heavy (non-hydrogen) atoms. The van der Waals surface area contributed by atoms with Crippen LogP contribution in [0.3, 0.4) is 0 Å². The predicted molar refractivity (Wildman–Crippen MR) is 190 cm³/mol. The van der Waals surface area contributed by atoms with Gasteiger partial charge in [0, 0.05) is 13.0 Å². The Morgan fingerprint density at radius 1 is 0.609 bits per heavy atom. The quantitative estimate of drug-likeness (QED) is 0.0465. The first-order valence-corrected chi connectivity index (χ1v) is 18.4. The SMILES string of the molecule is CCCCCCCCCCN(CCCCCCCCCC)CCCC(=O)Oc1c(OC)cc(C(=O)OCCCN(C)C)cc1OC. The summed E-state index contributed by atoms with van der Waals surface area (Å²) in [7, 11) is 6.91. The zero-order valence-corrected chi connectivity index (χ0v) is 30.5. The van der Waals surface area contributed by atoms with Gasteiger partial charge in [-0.3, -0.25) is 4.79 Å². The summed E-state index contributed by atoms with van der Waals surface area (Å²) in [4.78, 5) is 30.2. The topological polar surface area (TPSA) is 77.5 Å². The number of carbonyl (C=O) groups excluding carboxylic acids is 2. The van der Waals surface area contributed by atoms with E-state index in [1.54, 1.807) is 0 Å². The Balaban J connectivity index is 2.63. The highest BCUT2D eigenvalue weighted by molar-refractivity contribution is 5.91. The monoisotopic (exact) mass is 649 g/mol. The summed E-state index contributed by atoms with van der Waals surface area (Å²) in [6.07, 6.45) is 22.8. The summed E-state index contributed by atoms with van der Waals surface area (Å²) in [5, 5.41) is 0. The van der Waals surface area contributed by atoms with Crippen molar-refractivity contribution < 1.29 is 28.5 Å². The minimum absolute atomic E-state index is 0.189. The number of methoxy groups -OCH3 is 2. The second-order valence-corrected chi connectivity index (χ2v) is 12.9. The lowest BCUT2D eigenvalue weighted by Gasteiger charge is -2.22. The number of benzene rings is 1. The molecule has 0 heterocycles. The minimum Gasteiger partial charge on any atom is -0.493 e. The molecule has 0 aliphatic carbocycles. The molecule has 0 unspecified atom stereocenters. The molecule has 0 fully saturated rings. The molecule has 8 nitrogen and oxygen atoms in total. The van der Waals surface area contributed by atoms with E-state index in [9.17, 15) is 9.59 Å². The van der Waals surface area contributed by atoms with Crippen molar-refractivity contribution in [2.24, 2.45) is 0 Å². The van der Waals surface area contributed by atoms with Crippen LogP contribution in [0, 0.1) is 0 Å². The van der Waals surface area contributed by atoms with Gasteiger partial charge in [0.1, 0.15) is 0 Å². The Kier molecular flexibility index (Phi) is 25.2. The molecular formula is C38H68N2O6. The molecule has 1 aromatic rings. The molecule has 1 aromatic carbocycles. The molecule has 0 aromatic heterocycles. The summed E-state index contributed by atoms with van der Waals surface area (Å²) in [6.45, 7) is 8.73. The smallest absolute Gasteiger partial charge is 0.338 e. The van der Waals surface area contributed by atoms with Crippen LogP contribution in [0.1, 0.15) is 146 Å². The van der Waals surface area contributed by atoms with E-state index in [-0.39, 0.29) is 28.8 Å². The molecule has 0 aliphatic heterocycles. The number of rotatable bonds is 30. The highest BCUT2D eigenvalue weighted by atomic mass is 16.6. The first-order valence-electron chi connectivity index (χ1n) is 18.4. The second-order valence-electron chi connectivity index (χ2n) is 12.9. The third-order valence-electron chi connectivity index (χ3n) is 8.41. The van der Waals surface area contributed by atoms with Crippen LogP contribution in [0.5, 0.6) is 17.2 Å². The van der Waals surface area contributed by atoms with E-state index in [1.807, 2.05) is 19.0 Å². The van der Waals surface area contributed by atoms with Gasteiger partial charge in [0.2, 0.25) is 5.75 Å². The van der Waals surface area contributed by atoms with Gasteiger partial charge in [-0.15, -0.1) is 0 Å². The van der Waals surface area contributed by atoms with Gasteiger partial charge in [0.15, 0.2) is 11.5 Å². The van der Waals surface area contributed by atoms with E-state index in [4.69, 9.17) is 18.9 Å². The Bertz CT molecular complexity index is 877. The van der Waals surface area contributed by atoms with Crippen LogP contribution in [0.25, 0.3) is 0 Å². The number of ether oxygens (including phenoxy) is 4. The Hall–Kier alpha value is -2.32. The Morgan fingerprint density at radius 2 is 1.07 bits per heavy atom. The summed E-state index contributed by atoms with van der Waals surface area (Å²) >= 11 is 0. The average molecular weight is 649 g/mol. The lowest BCUT2D eigenvalue weighted by Crippen LogP contribution is -2.28. The van der Waals surface area contributed by atoms with Crippen LogP contribution in [0.15, 0.2) is 12.1 Å². The van der Waals surface area contributed by atoms with Crippen molar-refractivity contribution in [2.45, 2.75) is 136 Å². The van der Waals surface area contributed by atoms with Gasteiger partial charge in [0.25, 0.3) is 0 Å². The summed E-state index contributed by atoms with van der Waals surface area (Å²) < 4.78 is 22.1. The molecule has 0 saturated heterocycles. The van der Waals surface area contributed by atoms with E-state index in [0.717, 1.165) is 39.0 Å². The molecule has 0 amide bonds. The van der Waals surface area contributed by atoms with Crippen molar-refractivity contribution in [3.63, 3.8) is 0 Å². The number of hydrogen-bond acceptors (Lipinski definition) is 8. The van der Waals surface area contributed by atoms with Crippen LogP contribution < -0.4 is 14.2 Å². The fourth-order valence-electron chi connectivity index (χ4n) is 5.61. The van der Waals surface area contributed by atoms with E-state index in [2.05, 4.69) is 18.7 Å². The first-order chi connectivity index (χ1) is 22.4. The fraction of sp³-hybridized carbons (Fsp3) is 0.789. The zero-order valence-electron chi connectivity index (χ0n) is 30.5. The molecule has 1 rings (SSSR count). The summed E-state index contributed by atoms with van der Waals surface area (Å²) in [5.41, 5.74) is 0.288. The van der Waals surface area contributed by atoms with Crippen molar-refractivity contribution in [2.75, 3.05) is 61.1 Å². The normalized spacial score (nSPS) is 11.3. The van der Waals surface area contributed by atoms with Crippen LogP contribution in [-0.4, -0.2) is 82.8 Å². The third-order valence-corrected chi connectivity index (χ3v) is 8.41. The molecule has 266 valence electrons. The van der Waals surface area contributed by atoms with Crippen LogP contribution in [-0.2, 0) is 9.53 Å². The van der Waals surface area contributed by atoms with Crippen LogP contribution >= 0.6 is 0 Å². The highest BCUT2D eigenvalue weighted by Gasteiger charge is 2.21. The van der Waals surface area contributed by atoms with Gasteiger partial charge in [-0.25, -0.2) is 4.79 Å². The molecule has 0 radical (unpaired) electrons. The van der Waals surface area contributed by atoms with Crippen molar-refractivity contribution in [1.82, 2.24) is 9.80 Å². The Labute approximate surface area is 281 Å². The summed E-state index contributed by atoms with van der Waals surface area (Å²) in [6, 6.07) is 3.07. The largest absolute Gasteiger partial charge is 0.493 e. The Morgan fingerprint density at radius 3 is 1.52 bits per heavy atom. The first kappa shape index (κ1) is 41.7. The van der Waals surface area contributed by atoms with E-state index in [0.29, 0.717) is 13.0 Å². The van der Waals surface area contributed by atoms with E-state index >= 15 is 0 Å². The zero-order chi connectivity index (χ0) is 33.8. The maximum Gasteiger partial charge on any atom is 0.338 e. The van der Waals surface area contributed by atoms with E-state index < -0.39 is 5.97 Å². The van der Waals surface area contributed by atoms with Crippen LogP contribution in [0.2, 0.25) is 0 Å². The fourth-order valence-corrected chi connectivity index (χ4v) is 5.61. The molecule has 0 bridgehead atoms. The number of nitrogens with zero attached hydrogens (tertiary/aromatic N) is 2. The summed E-state index contributed by atoms with van der Waals surface area (Å²) in [5.74, 6) is -0.0946. The molecular weight excluding hydrogens is 580 g/mol. The molecule has 0 atom stereocenters. The molecule has 0 aliphatic rings. The number of esters is 2. The standard InChI is InChI=1S/C38H68N2O6/c1-7-9-11-13-15-17-19-21-27-40(28-22-20-18-16-14-12-10-8-2)29-23-25-36(41)46-37-34(43-5)31-33(32-35(37)44-6)38(42)45-30-24-26-39(3)4/h31-32H,7-30H2,1-6H3. The highest BCUT2D eigenvalue weighted by Crippen LogP contribution is 2.39. The van der Waals surface area contributed by atoms with Gasteiger partial charge in [-0.2, -0.15) is 0 Å². The van der Waals surface area contributed by atoms with Crippen LogP contribution in [0.4, 0.5) is 0 Å². The van der Waals surface area contributed by atoms with Gasteiger partial charge in [-0.05, 0) is 71.5 Å². The number of hydrogen-bond donors (Lipinski definition) is 0. The maximum atomic E-state index is 12.9. The van der Waals surface area contributed by atoms with Crippen molar-refractivity contribution in [3.05, 3.63) is 17.7 Å². The van der Waals surface area contributed by atoms with Gasteiger partial charge in [0.05, 0.1) is 26.4 Å². The molecule has 0 spiro atoms. The van der Waals surface area contributed by atoms with Gasteiger partial charge in [-0.1, -0.05) is 104 Å². The predicted octanol–water partition coefficient (Wildman–Crippen LogP) is 9.08. The lowest BCUT2D eigenvalue weighted by atomic mass is 10.1. The van der Waals surface area contributed by atoms with Gasteiger partial charge >= 0.3 is 11.9 Å². The maximum absolute atomic E-state index is 12.9. The third kappa shape index (κ3) is 20.0. The van der Waals surface area contributed by atoms with Crippen molar-refractivity contribution in [1.29, 1.82) is 0 Å². The van der Waals surface area contributed by atoms with Crippen molar-refractivity contribution >= 4 is 11.9 Å². The lowest BCUT2D eigenvalue weighted by molar-refractivity contribution is -0.134. The molecule has 8 heteroatoms. The van der Waals surface area contributed by atoms with E-state index in [1.165, 1.54) is 129 Å². The average Bonchev–Trinajstić information content (AvgIpc) is 3.04.